The highest BCUT2D eigenvalue weighted by Gasteiger charge is 2.21. The number of furan rings is 1. The lowest BCUT2D eigenvalue weighted by Gasteiger charge is -2.05. The third-order valence-corrected chi connectivity index (χ3v) is 3.12. The smallest absolute Gasteiger partial charge is 0.301 e. The summed E-state index contributed by atoms with van der Waals surface area (Å²) >= 11 is 5.51. The topological polar surface area (TPSA) is 56.5 Å². The number of hydrogen-bond acceptors (Lipinski definition) is 4. The second-order valence-corrected chi connectivity index (χ2v) is 5.12. The maximum absolute atomic E-state index is 11.5. The Morgan fingerprint density at radius 1 is 1.57 bits per heavy atom. The monoisotopic (exact) mass is 238 g/mol. The van der Waals surface area contributed by atoms with Crippen molar-refractivity contribution in [2.45, 2.75) is 18.7 Å². The lowest BCUT2D eigenvalue weighted by Crippen LogP contribution is -2.10. The summed E-state index contributed by atoms with van der Waals surface area (Å²) in [6.45, 7) is 3.84. The van der Waals surface area contributed by atoms with Crippen LogP contribution in [0.15, 0.2) is 21.6 Å². The van der Waals surface area contributed by atoms with Crippen LogP contribution in [-0.4, -0.2) is 15.0 Å². The summed E-state index contributed by atoms with van der Waals surface area (Å²) in [6.07, 6.45) is 1.20. The Bertz CT molecular complexity index is 393. The summed E-state index contributed by atoms with van der Waals surface area (Å²) in [5, 5.41) is -0.172. The highest BCUT2D eigenvalue weighted by atomic mass is 35.5. The van der Waals surface area contributed by atoms with Crippen LogP contribution in [0, 0.1) is 5.92 Å². The molecule has 80 valence electrons. The molecule has 0 bridgehead atoms. The van der Waals surface area contributed by atoms with E-state index in [0.29, 0.717) is 0 Å². The fourth-order valence-electron chi connectivity index (χ4n) is 0.750. The minimum absolute atomic E-state index is 0.125. The van der Waals surface area contributed by atoms with Crippen molar-refractivity contribution < 1.29 is 17.0 Å². The predicted octanol–water partition coefficient (Wildman–Crippen LogP) is 2.29. The summed E-state index contributed by atoms with van der Waals surface area (Å²) in [6, 6.07) is 1.26. The first-order valence-electron chi connectivity index (χ1n) is 4.06. The molecular weight excluding hydrogens is 228 g/mol. The maximum Gasteiger partial charge on any atom is 0.301 e. The van der Waals surface area contributed by atoms with Crippen LogP contribution in [0.2, 0.25) is 5.22 Å². The molecule has 0 saturated carbocycles. The van der Waals surface area contributed by atoms with Crippen LogP contribution in [0.4, 0.5) is 0 Å². The van der Waals surface area contributed by atoms with Crippen LogP contribution >= 0.6 is 11.6 Å². The molecule has 0 aromatic carbocycles. The second kappa shape index (κ2) is 4.33. The van der Waals surface area contributed by atoms with E-state index in [9.17, 15) is 8.42 Å². The molecule has 6 heteroatoms. The Hall–Kier alpha value is -0.520. The SMILES string of the molecule is CC(C)COS(=O)(=O)c1ccoc1Cl. The Labute approximate surface area is 87.9 Å². The standard InChI is InChI=1S/C8H11ClO4S/c1-6(2)5-13-14(10,11)7-3-4-12-8(7)9/h3-4,6H,5H2,1-2H3. The molecule has 0 atom stereocenters. The van der Waals surface area contributed by atoms with Crippen LogP contribution in [0.3, 0.4) is 0 Å². The molecule has 14 heavy (non-hydrogen) atoms. The van der Waals surface area contributed by atoms with Crippen molar-refractivity contribution in [1.29, 1.82) is 0 Å². The number of halogens is 1. The minimum atomic E-state index is -3.77. The summed E-state index contributed by atoms with van der Waals surface area (Å²) in [5.41, 5.74) is 0. The Morgan fingerprint density at radius 2 is 2.21 bits per heavy atom. The molecule has 0 N–H and O–H groups in total. The number of rotatable bonds is 4. The van der Waals surface area contributed by atoms with Crippen molar-refractivity contribution >= 4 is 21.7 Å². The van der Waals surface area contributed by atoms with E-state index in [1.165, 1.54) is 12.3 Å². The summed E-state index contributed by atoms with van der Waals surface area (Å²) in [7, 11) is -3.77. The van der Waals surface area contributed by atoms with Crippen molar-refractivity contribution in [3.05, 3.63) is 17.5 Å². The first-order valence-corrected chi connectivity index (χ1v) is 5.84. The normalized spacial score (nSPS) is 12.3. The van der Waals surface area contributed by atoms with Gasteiger partial charge in [0.05, 0.1) is 12.9 Å². The zero-order valence-electron chi connectivity index (χ0n) is 7.86. The van der Waals surface area contributed by atoms with E-state index >= 15 is 0 Å². The van der Waals surface area contributed by atoms with Gasteiger partial charge in [0.1, 0.15) is 0 Å². The van der Waals surface area contributed by atoms with Gasteiger partial charge in [-0.2, -0.15) is 8.42 Å². The maximum atomic E-state index is 11.5. The molecule has 0 aliphatic heterocycles. The molecule has 0 aliphatic rings. The third kappa shape index (κ3) is 2.73. The van der Waals surface area contributed by atoms with Crippen LogP contribution in [0.5, 0.6) is 0 Å². The predicted molar refractivity (Wildman–Crippen MR) is 51.7 cm³/mol. The molecule has 1 aromatic rings. The van der Waals surface area contributed by atoms with Gasteiger partial charge in [0, 0.05) is 0 Å². The van der Waals surface area contributed by atoms with Gasteiger partial charge in [0.15, 0.2) is 4.90 Å². The van der Waals surface area contributed by atoms with E-state index in [1.54, 1.807) is 0 Å². The van der Waals surface area contributed by atoms with Gasteiger partial charge in [-0.3, -0.25) is 4.18 Å². The van der Waals surface area contributed by atoms with Gasteiger partial charge in [-0.25, -0.2) is 0 Å². The minimum Gasteiger partial charge on any atom is -0.451 e. The van der Waals surface area contributed by atoms with Crippen LogP contribution in [0.1, 0.15) is 13.8 Å². The van der Waals surface area contributed by atoms with E-state index in [4.69, 9.17) is 15.8 Å². The molecule has 0 saturated heterocycles. The molecule has 1 rings (SSSR count). The highest BCUT2D eigenvalue weighted by molar-refractivity contribution is 7.86. The quantitative estimate of drug-likeness (QED) is 0.756. The lowest BCUT2D eigenvalue weighted by atomic mass is 10.2. The van der Waals surface area contributed by atoms with Crippen LogP contribution in [0.25, 0.3) is 0 Å². The third-order valence-electron chi connectivity index (χ3n) is 1.41. The average molecular weight is 239 g/mol. The lowest BCUT2D eigenvalue weighted by molar-refractivity contribution is 0.275. The van der Waals surface area contributed by atoms with E-state index in [1.807, 2.05) is 13.8 Å². The second-order valence-electron chi connectivity index (χ2n) is 3.19. The van der Waals surface area contributed by atoms with Crippen LogP contribution < -0.4 is 0 Å². The van der Waals surface area contributed by atoms with E-state index in [0.717, 1.165) is 0 Å². The van der Waals surface area contributed by atoms with Crippen molar-refractivity contribution in [2.24, 2.45) is 5.92 Å². The van der Waals surface area contributed by atoms with Crippen molar-refractivity contribution in [3.8, 4) is 0 Å². The van der Waals surface area contributed by atoms with Gasteiger partial charge in [0.2, 0.25) is 5.22 Å². The van der Waals surface area contributed by atoms with Gasteiger partial charge in [-0.1, -0.05) is 13.8 Å². The number of hydrogen-bond donors (Lipinski definition) is 0. The molecule has 0 spiro atoms. The molecule has 0 amide bonds. The average Bonchev–Trinajstić information content (AvgIpc) is 2.48. The molecule has 4 nitrogen and oxygen atoms in total. The summed E-state index contributed by atoms with van der Waals surface area (Å²) in [5.74, 6) is 0.135. The van der Waals surface area contributed by atoms with Crippen molar-refractivity contribution in [1.82, 2.24) is 0 Å². The molecule has 0 unspecified atom stereocenters. The first kappa shape index (κ1) is 11.6. The van der Waals surface area contributed by atoms with Gasteiger partial charge < -0.3 is 4.42 Å². The molecule has 1 heterocycles. The van der Waals surface area contributed by atoms with E-state index < -0.39 is 10.1 Å². The Kier molecular flexibility index (Phi) is 3.58. The zero-order chi connectivity index (χ0) is 10.8. The fourth-order valence-corrected chi connectivity index (χ4v) is 2.19. The molecule has 0 fully saturated rings. The Balaban J connectivity index is 2.82. The van der Waals surface area contributed by atoms with Crippen molar-refractivity contribution in [3.63, 3.8) is 0 Å². The molecule has 0 aliphatic carbocycles. The Morgan fingerprint density at radius 3 is 2.64 bits per heavy atom. The van der Waals surface area contributed by atoms with Gasteiger partial charge in [-0.15, -0.1) is 0 Å². The van der Waals surface area contributed by atoms with Crippen molar-refractivity contribution in [2.75, 3.05) is 6.61 Å². The van der Waals surface area contributed by atoms with E-state index in [2.05, 4.69) is 4.42 Å². The molecular formula is C8H11ClO4S. The summed E-state index contributed by atoms with van der Waals surface area (Å²) < 4.78 is 32.3. The fraction of sp³-hybridized carbons (Fsp3) is 0.500. The van der Waals surface area contributed by atoms with E-state index in [-0.39, 0.29) is 22.6 Å². The molecule has 0 radical (unpaired) electrons. The van der Waals surface area contributed by atoms with Gasteiger partial charge in [0.25, 0.3) is 0 Å². The van der Waals surface area contributed by atoms with Gasteiger partial charge >= 0.3 is 10.1 Å². The molecule has 1 aromatic heterocycles. The van der Waals surface area contributed by atoms with Crippen LogP contribution in [-0.2, 0) is 14.3 Å². The highest BCUT2D eigenvalue weighted by Crippen LogP contribution is 2.23. The summed E-state index contributed by atoms with van der Waals surface area (Å²) in [4.78, 5) is -0.125. The first-order chi connectivity index (χ1) is 6.43. The largest absolute Gasteiger partial charge is 0.451 e. The van der Waals surface area contributed by atoms with Gasteiger partial charge in [-0.05, 0) is 23.6 Å². The zero-order valence-corrected chi connectivity index (χ0v) is 9.43.